The van der Waals surface area contributed by atoms with Gasteiger partial charge in [-0.1, -0.05) is 212 Å². The van der Waals surface area contributed by atoms with E-state index in [1.54, 1.807) is 0 Å². The third-order valence-electron chi connectivity index (χ3n) is 12.4. The normalized spacial score (nSPS) is 19.6. The van der Waals surface area contributed by atoms with Crippen LogP contribution in [0.3, 0.4) is 0 Å². The van der Waals surface area contributed by atoms with E-state index in [4.69, 9.17) is 42.6 Å². The molecule has 7 aromatic rings. The first-order valence-corrected chi connectivity index (χ1v) is 24.7. The monoisotopic (exact) mass is 974 g/mol. The summed E-state index contributed by atoms with van der Waals surface area (Å²) in [6.07, 6.45) is -8.45. The van der Waals surface area contributed by atoms with Crippen molar-refractivity contribution in [3.63, 3.8) is 0 Å². The molecule has 376 valence electrons. The largest absolute Gasteiger partial charge is 0.394 e. The Hall–Kier alpha value is -5.90. The lowest BCUT2D eigenvalue weighted by molar-refractivity contribution is -0.333. The summed E-state index contributed by atoms with van der Waals surface area (Å²) in [7, 11) is 0. The summed E-state index contributed by atoms with van der Waals surface area (Å²) < 4.78 is 60.6. The Balaban J connectivity index is 1.11. The zero-order valence-corrected chi connectivity index (χ0v) is 40.5. The molecule has 0 radical (unpaired) electrons. The van der Waals surface area contributed by atoms with Crippen LogP contribution in [0.25, 0.3) is 0 Å². The molecule has 8 rings (SSSR count). The lowest BCUT2D eigenvalue weighted by Gasteiger charge is -2.46. The van der Waals surface area contributed by atoms with Gasteiger partial charge in [-0.25, -0.2) is 0 Å². The molecule has 0 unspecified atom stereocenters. The van der Waals surface area contributed by atoms with Crippen LogP contribution < -0.4 is 0 Å². The van der Waals surface area contributed by atoms with Crippen molar-refractivity contribution >= 4 is 0 Å². The minimum atomic E-state index is -1.34. The van der Waals surface area contributed by atoms with Gasteiger partial charge in [-0.15, -0.1) is 0 Å². The Labute approximate surface area is 423 Å². The number of hydrogen-bond acceptors (Lipinski definition) is 11. The lowest BCUT2D eigenvalue weighted by Crippen LogP contribution is -2.62. The Kier molecular flexibility index (Phi) is 21.1. The van der Waals surface area contributed by atoms with Gasteiger partial charge in [0, 0.05) is 0 Å². The molecule has 0 spiro atoms. The molecule has 0 aromatic heterocycles. The minimum Gasteiger partial charge on any atom is -0.394 e. The van der Waals surface area contributed by atoms with E-state index in [-0.39, 0.29) is 52.9 Å². The molecule has 0 bridgehead atoms. The van der Waals surface area contributed by atoms with Crippen molar-refractivity contribution in [1.82, 2.24) is 0 Å². The first-order chi connectivity index (χ1) is 35.6. The van der Waals surface area contributed by atoms with Crippen molar-refractivity contribution in [1.29, 1.82) is 0 Å². The Morgan fingerprint density at radius 1 is 0.375 bits per heavy atom. The average molecular weight is 975 g/mol. The second-order valence-electron chi connectivity index (χ2n) is 17.8. The Morgan fingerprint density at radius 2 is 0.722 bits per heavy atom. The third-order valence-corrected chi connectivity index (χ3v) is 12.4. The molecule has 72 heavy (non-hydrogen) atoms. The van der Waals surface area contributed by atoms with Crippen LogP contribution in [-0.2, 0) is 88.9 Å². The number of aliphatic hydroxyl groups is 2. The summed E-state index contributed by atoms with van der Waals surface area (Å²) in [5.74, 6) is 0. The van der Waals surface area contributed by atoms with Gasteiger partial charge in [0.15, 0.2) is 6.29 Å². The van der Waals surface area contributed by atoms with Crippen LogP contribution in [-0.4, -0.2) is 85.2 Å². The van der Waals surface area contributed by atoms with Crippen molar-refractivity contribution in [3.8, 4) is 0 Å². The lowest BCUT2D eigenvalue weighted by atomic mass is 9.97. The van der Waals surface area contributed by atoms with Crippen LogP contribution in [0.2, 0.25) is 0 Å². The van der Waals surface area contributed by atoms with Gasteiger partial charge in [-0.2, -0.15) is 0 Å². The molecule has 7 aromatic carbocycles. The van der Waals surface area contributed by atoms with E-state index in [0.29, 0.717) is 6.61 Å². The van der Waals surface area contributed by atoms with Gasteiger partial charge >= 0.3 is 0 Å². The molecule has 1 heterocycles. The van der Waals surface area contributed by atoms with Gasteiger partial charge in [0.25, 0.3) is 0 Å². The van der Waals surface area contributed by atoms with Gasteiger partial charge in [-0.05, 0) is 38.9 Å². The van der Waals surface area contributed by atoms with Crippen LogP contribution in [0.4, 0.5) is 0 Å². The predicted molar refractivity (Wildman–Crippen MR) is 274 cm³/mol. The topological polar surface area (TPSA) is 124 Å². The quantitative estimate of drug-likeness (QED) is 0.0467. The molecule has 9 atom stereocenters. The number of ether oxygens (including phenoxy) is 9. The highest BCUT2D eigenvalue weighted by Gasteiger charge is 2.50. The smallest absolute Gasteiger partial charge is 0.187 e. The summed E-state index contributed by atoms with van der Waals surface area (Å²) >= 11 is 0. The maximum atomic E-state index is 12.6. The molecule has 11 nitrogen and oxygen atoms in total. The molecular weight excluding hydrogens is 909 g/mol. The molecule has 1 aliphatic rings. The molecule has 11 heteroatoms. The highest BCUT2D eigenvalue weighted by atomic mass is 16.7. The van der Waals surface area contributed by atoms with E-state index < -0.39 is 61.7 Å². The zero-order chi connectivity index (χ0) is 49.4. The predicted octanol–water partition coefficient (Wildman–Crippen LogP) is 9.81. The van der Waals surface area contributed by atoms with Gasteiger partial charge in [0.2, 0.25) is 0 Å². The van der Waals surface area contributed by atoms with Gasteiger partial charge in [0.1, 0.15) is 48.8 Å². The first kappa shape index (κ1) is 52.4. The molecular formula is C61H66O11. The SMILES string of the molecule is OC[C@H](OCc1ccccc1)[C@@H](OCc1ccccc1)[C@H](OCc1ccccc1)[C@H](O)CO[C@H]1O[C@H](COCc2ccccc2)[C@H](OCc2ccccc2)[C@H](OCc2ccccc2)[C@H]1OCc1ccccc1. The molecule has 1 aliphatic heterocycles. The number of benzene rings is 7. The Morgan fingerprint density at radius 3 is 1.14 bits per heavy atom. The van der Waals surface area contributed by atoms with E-state index in [0.717, 1.165) is 38.9 Å². The zero-order valence-electron chi connectivity index (χ0n) is 40.5. The molecule has 1 fully saturated rings. The van der Waals surface area contributed by atoms with Crippen molar-refractivity contribution in [2.24, 2.45) is 0 Å². The second-order valence-corrected chi connectivity index (χ2v) is 17.8. The van der Waals surface area contributed by atoms with E-state index in [2.05, 4.69) is 0 Å². The fourth-order valence-electron chi connectivity index (χ4n) is 8.57. The number of aliphatic hydroxyl groups excluding tert-OH is 2. The van der Waals surface area contributed by atoms with Gasteiger partial charge in [-0.3, -0.25) is 0 Å². The van der Waals surface area contributed by atoms with Crippen molar-refractivity contribution in [3.05, 3.63) is 251 Å². The molecule has 1 saturated heterocycles. The number of rotatable bonds is 29. The van der Waals surface area contributed by atoms with E-state index in [1.165, 1.54) is 0 Å². The minimum absolute atomic E-state index is 0.127. The molecule has 0 amide bonds. The summed E-state index contributed by atoms with van der Waals surface area (Å²) in [6, 6.07) is 68.9. The maximum Gasteiger partial charge on any atom is 0.187 e. The average Bonchev–Trinajstić information content (AvgIpc) is 3.44. The standard InChI is InChI=1S/C61H66O11/c62-36-54(65-38-47-24-10-2-11-25-47)57(67-40-49-28-14-4-15-29-49)56(66-39-48-26-12-3-13-27-48)53(63)44-71-61-60(70-43-52-34-20-7-21-35-52)59(69-42-51-32-18-6-19-33-51)58(68-41-50-30-16-5-17-31-50)55(72-61)45-64-37-46-22-8-1-9-23-46/h1-35,53-63H,36-45H2/t53-,54+,55-,56-,57-,58+,59+,60-,61+/m1/s1. The highest BCUT2D eigenvalue weighted by molar-refractivity contribution is 5.19. The van der Waals surface area contributed by atoms with Crippen LogP contribution in [0.5, 0.6) is 0 Å². The van der Waals surface area contributed by atoms with Crippen molar-refractivity contribution in [2.45, 2.75) is 101 Å². The third kappa shape index (κ3) is 16.3. The number of hydrogen-bond donors (Lipinski definition) is 2. The fourth-order valence-corrected chi connectivity index (χ4v) is 8.57. The van der Waals surface area contributed by atoms with E-state index >= 15 is 0 Å². The van der Waals surface area contributed by atoms with E-state index in [1.807, 2.05) is 212 Å². The summed E-state index contributed by atoms with van der Waals surface area (Å²) in [6.45, 7) is 0.957. The maximum absolute atomic E-state index is 12.6. The Bertz CT molecular complexity index is 2490. The summed E-state index contributed by atoms with van der Waals surface area (Å²) in [4.78, 5) is 0. The van der Waals surface area contributed by atoms with Crippen LogP contribution in [0.15, 0.2) is 212 Å². The van der Waals surface area contributed by atoms with Crippen LogP contribution in [0.1, 0.15) is 38.9 Å². The highest BCUT2D eigenvalue weighted by Crippen LogP contribution is 2.33. The summed E-state index contributed by atoms with van der Waals surface area (Å²) in [5, 5.41) is 23.6. The van der Waals surface area contributed by atoms with Crippen molar-refractivity contribution < 1.29 is 52.8 Å². The van der Waals surface area contributed by atoms with Gasteiger partial charge < -0.3 is 52.8 Å². The fraction of sp³-hybridized carbons (Fsp3) is 0.311. The first-order valence-electron chi connectivity index (χ1n) is 24.7. The molecule has 0 saturated carbocycles. The van der Waals surface area contributed by atoms with Crippen molar-refractivity contribution in [2.75, 3.05) is 19.8 Å². The van der Waals surface area contributed by atoms with Crippen LogP contribution in [0, 0.1) is 0 Å². The summed E-state index contributed by atoms with van der Waals surface area (Å²) in [5.41, 5.74) is 6.58. The molecule has 0 aliphatic carbocycles. The van der Waals surface area contributed by atoms with Crippen LogP contribution >= 0.6 is 0 Å². The second kappa shape index (κ2) is 29.0. The molecule has 2 N–H and O–H groups in total. The van der Waals surface area contributed by atoms with E-state index in [9.17, 15) is 10.2 Å². The van der Waals surface area contributed by atoms with Gasteiger partial charge in [0.05, 0.1) is 66.1 Å².